The SMILES string of the molecule is Cn1nc(C(=O)NCc2ccc(F)cc2)c2c1CCN(C(=O)c1ccccc1F)C2. The summed E-state index contributed by atoms with van der Waals surface area (Å²) in [7, 11) is 1.75. The van der Waals surface area contributed by atoms with Crippen molar-refractivity contribution in [3.8, 4) is 0 Å². The van der Waals surface area contributed by atoms with Gasteiger partial charge in [0.05, 0.1) is 12.1 Å². The summed E-state index contributed by atoms with van der Waals surface area (Å²) in [5, 5.41) is 7.12. The molecular formula is C22H20F2N4O2. The van der Waals surface area contributed by atoms with E-state index in [1.165, 1.54) is 35.2 Å². The van der Waals surface area contributed by atoms with Gasteiger partial charge >= 0.3 is 0 Å². The van der Waals surface area contributed by atoms with E-state index in [2.05, 4.69) is 10.4 Å². The molecule has 2 aromatic carbocycles. The summed E-state index contributed by atoms with van der Waals surface area (Å²) in [6, 6.07) is 11.7. The Morgan fingerprint density at radius 3 is 2.57 bits per heavy atom. The van der Waals surface area contributed by atoms with Crippen LogP contribution in [-0.4, -0.2) is 33.0 Å². The molecule has 0 saturated carbocycles. The number of nitrogens with zero attached hydrogens (tertiary/aromatic N) is 3. The highest BCUT2D eigenvalue weighted by molar-refractivity contribution is 5.96. The quantitative estimate of drug-likeness (QED) is 0.719. The fourth-order valence-corrected chi connectivity index (χ4v) is 3.62. The Hall–Kier alpha value is -3.55. The van der Waals surface area contributed by atoms with E-state index in [-0.39, 0.29) is 36.1 Å². The van der Waals surface area contributed by atoms with Crippen LogP contribution >= 0.6 is 0 Å². The smallest absolute Gasteiger partial charge is 0.272 e. The van der Waals surface area contributed by atoms with Gasteiger partial charge in [-0.15, -0.1) is 0 Å². The predicted molar refractivity (Wildman–Crippen MR) is 106 cm³/mol. The van der Waals surface area contributed by atoms with Crippen LogP contribution in [0.4, 0.5) is 8.78 Å². The van der Waals surface area contributed by atoms with Crippen LogP contribution in [-0.2, 0) is 26.6 Å². The van der Waals surface area contributed by atoms with Gasteiger partial charge in [0.25, 0.3) is 11.8 Å². The molecule has 0 aliphatic carbocycles. The molecule has 3 aromatic rings. The van der Waals surface area contributed by atoms with Crippen LogP contribution in [0.3, 0.4) is 0 Å². The van der Waals surface area contributed by atoms with Gasteiger partial charge in [-0.3, -0.25) is 14.3 Å². The van der Waals surface area contributed by atoms with E-state index >= 15 is 0 Å². The Kier molecular flexibility index (Phi) is 5.31. The van der Waals surface area contributed by atoms with E-state index in [1.54, 1.807) is 29.9 Å². The molecule has 0 spiro atoms. The topological polar surface area (TPSA) is 67.2 Å². The number of nitrogens with one attached hydrogen (secondary N) is 1. The number of carbonyl (C=O) groups is 2. The summed E-state index contributed by atoms with van der Waals surface area (Å²) in [6.45, 7) is 0.814. The maximum absolute atomic E-state index is 14.0. The number of fused-ring (bicyclic) bond motifs is 1. The highest BCUT2D eigenvalue weighted by Crippen LogP contribution is 2.24. The maximum atomic E-state index is 14.0. The molecule has 1 aromatic heterocycles. The van der Waals surface area contributed by atoms with Gasteiger partial charge in [0.15, 0.2) is 5.69 Å². The molecule has 8 heteroatoms. The zero-order chi connectivity index (χ0) is 21.3. The van der Waals surface area contributed by atoms with Crippen molar-refractivity contribution in [2.45, 2.75) is 19.5 Å². The number of benzene rings is 2. The first-order chi connectivity index (χ1) is 14.4. The number of halogens is 2. The van der Waals surface area contributed by atoms with E-state index in [1.807, 2.05) is 0 Å². The van der Waals surface area contributed by atoms with Crippen molar-refractivity contribution in [3.63, 3.8) is 0 Å². The first kappa shape index (κ1) is 19.8. The van der Waals surface area contributed by atoms with Gasteiger partial charge in [-0.05, 0) is 29.8 Å². The third-order valence-corrected chi connectivity index (χ3v) is 5.22. The summed E-state index contributed by atoms with van der Waals surface area (Å²) in [4.78, 5) is 27.1. The van der Waals surface area contributed by atoms with E-state index in [9.17, 15) is 18.4 Å². The Balaban J connectivity index is 1.52. The first-order valence-electron chi connectivity index (χ1n) is 9.55. The maximum Gasteiger partial charge on any atom is 0.272 e. The lowest BCUT2D eigenvalue weighted by molar-refractivity contribution is 0.0725. The molecule has 0 saturated heterocycles. The molecule has 2 heterocycles. The van der Waals surface area contributed by atoms with Crippen LogP contribution < -0.4 is 5.32 Å². The largest absolute Gasteiger partial charge is 0.347 e. The van der Waals surface area contributed by atoms with Crippen LogP contribution in [0.1, 0.15) is 37.7 Å². The highest BCUT2D eigenvalue weighted by Gasteiger charge is 2.30. The Bertz CT molecular complexity index is 1110. The molecule has 0 atom stereocenters. The molecular weight excluding hydrogens is 390 g/mol. The molecule has 6 nitrogen and oxygen atoms in total. The summed E-state index contributed by atoms with van der Waals surface area (Å²) < 4.78 is 28.7. The Morgan fingerprint density at radius 2 is 1.83 bits per heavy atom. The fourth-order valence-electron chi connectivity index (χ4n) is 3.62. The van der Waals surface area contributed by atoms with Crippen molar-refractivity contribution in [3.05, 3.63) is 88.2 Å². The van der Waals surface area contributed by atoms with Gasteiger partial charge in [0.2, 0.25) is 0 Å². The lowest BCUT2D eigenvalue weighted by atomic mass is 10.0. The van der Waals surface area contributed by atoms with Gasteiger partial charge < -0.3 is 10.2 Å². The van der Waals surface area contributed by atoms with Crippen molar-refractivity contribution >= 4 is 11.8 Å². The average Bonchev–Trinajstić information content (AvgIpc) is 3.09. The van der Waals surface area contributed by atoms with Gasteiger partial charge in [0, 0.05) is 37.8 Å². The molecule has 0 unspecified atom stereocenters. The number of hydrogen-bond donors (Lipinski definition) is 1. The lowest BCUT2D eigenvalue weighted by Gasteiger charge is -2.27. The second kappa shape index (κ2) is 8.06. The minimum Gasteiger partial charge on any atom is -0.347 e. The van der Waals surface area contributed by atoms with Crippen molar-refractivity contribution < 1.29 is 18.4 Å². The summed E-state index contributed by atoms with van der Waals surface area (Å²) in [6.07, 6.45) is 0.518. The summed E-state index contributed by atoms with van der Waals surface area (Å²) in [5.74, 6) is -1.71. The monoisotopic (exact) mass is 410 g/mol. The zero-order valence-electron chi connectivity index (χ0n) is 16.4. The van der Waals surface area contributed by atoms with Gasteiger partial charge in [-0.1, -0.05) is 24.3 Å². The minimum absolute atomic E-state index is 0.00662. The molecule has 1 aliphatic rings. The second-order valence-corrected chi connectivity index (χ2v) is 7.16. The van der Waals surface area contributed by atoms with E-state index in [0.29, 0.717) is 18.5 Å². The molecule has 0 fully saturated rings. The third-order valence-electron chi connectivity index (χ3n) is 5.22. The van der Waals surface area contributed by atoms with Gasteiger partial charge in [-0.2, -0.15) is 5.10 Å². The fraction of sp³-hybridized carbons (Fsp3) is 0.227. The number of aromatic nitrogens is 2. The summed E-state index contributed by atoms with van der Waals surface area (Å²) >= 11 is 0. The molecule has 154 valence electrons. The highest BCUT2D eigenvalue weighted by atomic mass is 19.1. The van der Waals surface area contributed by atoms with Crippen molar-refractivity contribution in [2.75, 3.05) is 6.54 Å². The second-order valence-electron chi connectivity index (χ2n) is 7.16. The van der Waals surface area contributed by atoms with E-state index in [0.717, 1.165) is 11.3 Å². The van der Waals surface area contributed by atoms with Crippen LogP contribution in [0.25, 0.3) is 0 Å². The number of aryl methyl sites for hydroxylation is 1. The average molecular weight is 410 g/mol. The Labute approximate surface area is 172 Å². The number of carbonyl (C=O) groups excluding carboxylic acids is 2. The van der Waals surface area contributed by atoms with Crippen LogP contribution in [0.15, 0.2) is 48.5 Å². The lowest BCUT2D eigenvalue weighted by Crippen LogP contribution is -2.37. The number of amides is 2. The van der Waals surface area contributed by atoms with Crippen molar-refractivity contribution in [1.82, 2.24) is 20.0 Å². The van der Waals surface area contributed by atoms with Crippen LogP contribution in [0.5, 0.6) is 0 Å². The summed E-state index contributed by atoms with van der Waals surface area (Å²) in [5.41, 5.74) is 2.53. The predicted octanol–water partition coefficient (Wildman–Crippen LogP) is 2.83. The molecule has 1 N–H and O–H groups in total. The van der Waals surface area contributed by atoms with Crippen molar-refractivity contribution in [1.29, 1.82) is 0 Å². The van der Waals surface area contributed by atoms with Gasteiger partial charge in [0.1, 0.15) is 11.6 Å². The molecule has 30 heavy (non-hydrogen) atoms. The number of hydrogen-bond acceptors (Lipinski definition) is 3. The van der Waals surface area contributed by atoms with Crippen molar-refractivity contribution in [2.24, 2.45) is 7.05 Å². The van der Waals surface area contributed by atoms with E-state index in [4.69, 9.17) is 0 Å². The molecule has 2 amide bonds. The van der Waals surface area contributed by atoms with E-state index < -0.39 is 11.7 Å². The standard InChI is InChI=1S/C22H20F2N4O2/c1-27-19-10-11-28(22(30)16-4-2-3-5-18(16)24)13-17(19)20(26-27)21(29)25-12-14-6-8-15(23)9-7-14/h2-9H,10-13H2,1H3,(H,25,29). The zero-order valence-corrected chi connectivity index (χ0v) is 16.4. The van der Waals surface area contributed by atoms with Crippen LogP contribution in [0, 0.1) is 11.6 Å². The number of rotatable bonds is 4. The normalized spacial score (nSPS) is 13.1. The Morgan fingerprint density at radius 1 is 1.10 bits per heavy atom. The molecule has 4 rings (SSSR count). The minimum atomic E-state index is -0.572. The van der Waals surface area contributed by atoms with Gasteiger partial charge in [-0.25, -0.2) is 8.78 Å². The first-order valence-corrected chi connectivity index (χ1v) is 9.55. The van der Waals surface area contributed by atoms with Crippen LogP contribution in [0.2, 0.25) is 0 Å². The molecule has 1 aliphatic heterocycles. The molecule has 0 radical (unpaired) electrons. The molecule has 0 bridgehead atoms. The third kappa shape index (κ3) is 3.80.